The number of aryl methyl sites for hydroxylation is 2. The van der Waals surface area contributed by atoms with Crippen molar-refractivity contribution in [2.45, 2.75) is 39.7 Å². The Balaban J connectivity index is 2.68. The number of rotatable bonds is 5. The van der Waals surface area contributed by atoms with Crippen LogP contribution >= 0.6 is 0 Å². The second-order valence-electron chi connectivity index (χ2n) is 5.31. The average molecular weight is 265 g/mol. The molecule has 0 radical (unpaired) electrons. The second kappa shape index (κ2) is 6.06. The van der Waals surface area contributed by atoms with Crippen LogP contribution in [0.3, 0.4) is 0 Å². The Morgan fingerprint density at radius 2 is 1.89 bits per heavy atom. The number of nitrogens with one attached hydrogen (secondary N) is 1. The van der Waals surface area contributed by atoms with Crippen LogP contribution in [0.15, 0.2) is 12.1 Å². The van der Waals surface area contributed by atoms with Crippen LogP contribution in [-0.2, 0) is 11.2 Å². The van der Waals surface area contributed by atoms with Crippen LogP contribution in [-0.4, -0.2) is 30.3 Å². The Hall–Kier alpha value is -1.55. The van der Waals surface area contributed by atoms with Crippen LogP contribution in [0.1, 0.15) is 30.5 Å². The van der Waals surface area contributed by atoms with E-state index < -0.39 is 5.60 Å². The Bertz CT molecular complexity index is 461. The first kappa shape index (κ1) is 15.5. The van der Waals surface area contributed by atoms with Gasteiger partial charge in [-0.25, -0.2) is 0 Å². The number of hydrogen-bond donors (Lipinski definition) is 2. The van der Waals surface area contributed by atoms with Crippen molar-refractivity contribution in [3.63, 3.8) is 0 Å². The van der Waals surface area contributed by atoms with E-state index in [4.69, 9.17) is 4.74 Å². The molecule has 1 aromatic rings. The lowest BCUT2D eigenvalue weighted by Gasteiger charge is -2.17. The minimum Gasteiger partial charge on any atom is -0.496 e. The molecule has 0 heterocycles. The summed E-state index contributed by atoms with van der Waals surface area (Å²) >= 11 is 0. The molecule has 0 unspecified atom stereocenters. The Labute approximate surface area is 114 Å². The lowest BCUT2D eigenvalue weighted by molar-refractivity contribution is -0.136. The van der Waals surface area contributed by atoms with Crippen molar-refractivity contribution in [3.8, 4) is 5.75 Å². The highest BCUT2D eigenvalue weighted by Gasteiger charge is 2.22. The predicted molar refractivity (Wildman–Crippen MR) is 75.5 cm³/mol. The fourth-order valence-electron chi connectivity index (χ4n) is 1.76. The Morgan fingerprint density at radius 1 is 1.32 bits per heavy atom. The highest BCUT2D eigenvalue weighted by atomic mass is 16.5. The first-order valence-corrected chi connectivity index (χ1v) is 6.40. The number of ether oxygens (including phenoxy) is 1. The molecule has 2 N–H and O–H groups in total. The summed E-state index contributed by atoms with van der Waals surface area (Å²) in [6, 6.07) is 4.08. The van der Waals surface area contributed by atoms with Crippen molar-refractivity contribution in [2.24, 2.45) is 0 Å². The van der Waals surface area contributed by atoms with Gasteiger partial charge >= 0.3 is 0 Å². The zero-order valence-corrected chi connectivity index (χ0v) is 12.3. The van der Waals surface area contributed by atoms with Gasteiger partial charge in [0.2, 0.25) is 0 Å². The number of aliphatic hydroxyl groups is 1. The van der Waals surface area contributed by atoms with Gasteiger partial charge in [-0.2, -0.15) is 0 Å². The van der Waals surface area contributed by atoms with Gasteiger partial charge in [0.1, 0.15) is 11.4 Å². The van der Waals surface area contributed by atoms with Crippen LogP contribution in [0, 0.1) is 13.8 Å². The zero-order valence-electron chi connectivity index (χ0n) is 12.3. The van der Waals surface area contributed by atoms with Crippen LogP contribution in [0.5, 0.6) is 5.75 Å². The van der Waals surface area contributed by atoms with Gasteiger partial charge in [-0.3, -0.25) is 4.79 Å². The quantitative estimate of drug-likeness (QED) is 0.852. The number of benzene rings is 1. The third-order valence-electron chi connectivity index (χ3n) is 3.13. The summed E-state index contributed by atoms with van der Waals surface area (Å²) in [6.07, 6.45) is 0.673. The molecule has 0 atom stereocenters. The molecule has 0 aromatic heterocycles. The summed E-state index contributed by atoms with van der Waals surface area (Å²) < 4.78 is 5.34. The van der Waals surface area contributed by atoms with Crippen LogP contribution < -0.4 is 10.1 Å². The SMILES string of the molecule is COc1cc(C)c(C)cc1CCNC(=O)C(C)(C)O. The van der Waals surface area contributed by atoms with Crippen LogP contribution in [0.2, 0.25) is 0 Å². The van der Waals surface area contributed by atoms with Gasteiger partial charge in [0.15, 0.2) is 0 Å². The Morgan fingerprint density at radius 3 is 2.42 bits per heavy atom. The van der Waals surface area contributed by atoms with Crippen molar-refractivity contribution >= 4 is 5.91 Å². The second-order valence-corrected chi connectivity index (χ2v) is 5.31. The lowest BCUT2D eigenvalue weighted by Crippen LogP contribution is -2.42. The molecule has 0 fully saturated rings. The van der Waals surface area contributed by atoms with Crippen molar-refractivity contribution in [3.05, 3.63) is 28.8 Å². The highest BCUT2D eigenvalue weighted by Crippen LogP contribution is 2.23. The summed E-state index contributed by atoms with van der Waals surface area (Å²) in [6.45, 7) is 7.50. The van der Waals surface area contributed by atoms with Crippen molar-refractivity contribution < 1.29 is 14.6 Å². The maximum absolute atomic E-state index is 11.5. The van der Waals surface area contributed by atoms with Crippen LogP contribution in [0.25, 0.3) is 0 Å². The monoisotopic (exact) mass is 265 g/mol. The molecule has 0 saturated carbocycles. The standard InChI is InChI=1S/C15H23NO3/c1-10-8-12(13(19-5)9-11(10)2)6-7-16-14(17)15(3,4)18/h8-9,18H,6-7H2,1-5H3,(H,16,17). The van der Waals surface area contributed by atoms with Crippen molar-refractivity contribution in [1.82, 2.24) is 5.32 Å². The number of amides is 1. The van der Waals surface area contributed by atoms with Gasteiger partial charge in [-0.15, -0.1) is 0 Å². The topological polar surface area (TPSA) is 58.6 Å². The third-order valence-corrected chi connectivity index (χ3v) is 3.13. The first-order chi connectivity index (χ1) is 8.75. The maximum Gasteiger partial charge on any atom is 0.251 e. The van der Waals surface area contributed by atoms with E-state index in [9.17, 15) is 9.90 Å². The minimum absolute atomic E-state index is 0.365. The summed E-state index contributed by atoms with van der Waals surface area (Å²) in [4.78, 5) is 11.5. The molecule has 0 saturated heterocycles. The molecule has 0 bridgehead atoms. The zero-order chi connectivity index (χ0) is 14.6. The molecular weight excluding hydrogens is 242 g/mol. The largest absolute Gasteiger partial charge is 0.496 e. The maximum atomic E-state index is 11.5. The van der Waals surface area contributed by atoms with E-state index in [0.717, 1.165) is 11.3 Å². The van der Waals surface area contributed by atoms with Gasteiger partial charge in [-0.05, 0) is 56.9 Å². The molecule has 1 rings (SSSR count). The average Bonchev–Trinajstić information content (AvgIpc) is 2.31. The molecule has 4 nitrogen and oxygen atoms in total. The Kier molecular flexibility index (Phi) is 4.95. The predicted octanol–water partition coefficient (Wildman–Crippen LogP) is 1.74. The molecule has 0 spiro atoms. The number of carbonyl (C=O) groups is 1. The van der Waals surface area contributed by atoms with E-state index in [-0.39, 0.29) is 5.91 Å². The fraction of sp³-hybridized carbons (Fsp3) is 0.533. The first-order valence-electron chi connectivity index (χ1n) is 6.40. The van der Waals surface area contributed by atoms with E-state index in [0.29, 0.717) is 13.0 Å². The summed E-state index contributed by atoms with van der Waals surface area (Å²) in [5.74, 6) is 0.468. The van der Waals surface area contributed by atoms with E-state index in [1.807, 2.05) is 19.9 Å². The van der Waals surface area contributed by atoms with Gasteiger partial charge in [0.05, 0.1) is 7.11 Å². The summed E-state index contributed by atoms with van der Waals surface area (Å²) in [5.41, 5.74) is 2.10. The summed E-state index contributed by atoms with van der Waals surface area (Å²) in [5, 5.41) is 12.2. The minimum atomic E-state index is -1.34. The van der Waals surface area contributed by atoms with Gasteiger partial charge in [0.25, 0.3) is 5.91 Å². The summed E-state index contributed by atoms with van der Waals surface area (Å²) in [7, 11) is 1.64. The van der Waals surface area contributed by atoms with E-state index in [2.05, 4.69) is 11.4 Å². The molecule has 106 valence electrons. The van der Waals surface area contributed by atoms with Crippen LogP contribution in [0.4, 0.5) is 0 Å². The van der Waals surface area contributed by atoms with E-state index in [1.54, 1.807) is 7.11 Å². The van der Waals surface area contributed by atoms with Crippen molar-refractivity contribution in [2.75, 3.05) is 13.7 Å². The van der Waals surface area contributed by atoms with Gasteiger partial charge < -0.3 is 15.2 Å². The fourth-order valence-corrected chi connectivity index (χ4v) is 1.76. The van der Waals surface area contributed by atoms with Crippen molar-refractivity contribution in [1.29, 1.82) is 0 Å². The molecule has 19 heavy (non-hydrogen) atoms. The molecular formula is C15H23NO3. The molecule has 0 aliphatic heterocycles. The lowest BCUT2D eigenvalue weighted by atomic mass is 10.0. The number of hydrogen-bond acceptors (Lipinski definition) is 3. The smallest absolute Gasteiger partial charge is 0.251 e. The van der Waals surface area contributed by atoms with E-state index >= 15 is 0 Å². The molecule has 1 aromatic carbocycles. The van der Waals surface area contributed by atoms with Gasteiger partial charge in [-0.1, -0.05) is 6.07 Å². The molecule has 1 amide bonds. The molecule has 0 aliphatic carbocycles. The molecule has 0 aliphatic rings. The van der Waals surface area contributed by atoms with Gasteiger partial charge in [0, 0.05) is 6.54 Å². The number of methoxy groups -OCH3 is 1. The number of carbonyl (C=O) groups excluding carboxylic acids is 1. The highest BCUT2D eigenvalue weighted by molar-refractivity contribution is 5.83. The van der Waals surface area contributed by atoms with E-state index in [1.165, 1.54) is 25.0 Å². The molecule has 4 heteroatoms. The third kappa shape index (κ3) is 4.24. The normalized spacial score (nSPS) is 11.3.